The quantitative estimate of drug-likeness (QED) is 0.557. The molecule has 0 saturated heterocycles. The van der Waals surface area contributed by atoms with E-state index in [1.165, 1.54) is 31.4 Å². The monoisotopic (exact) mass is 423 g/mol. The van der Waals surface area contributed by atoms with Gasteiger partial charge in [0.25, 0.3) is 11.8 Å². The normalized spacial score (nSPS) is 11.5. The molecule has 1 heterocycles. The second kappa shape index (κ2) is 9.25. The average molecular weight is 423 g/mol. The maximum absolute atomic E-state index is 14.2. The highest BCUT2D eigenvalue weighted by atomic mass is 19.1. The van der Waals surface area contributed by atoms with Gasteiger partial charge >= 0.3 is 0 Å². The van der Waals surface area contributed by atoms with Gasteiger partial charge in [-0.3, -0.25) is 14.4 Å². The summed E-state index contributed by atoms with van der Waals surface area (Å²) in [5.74, 6) is -1.66. The Balaban J connectivity index is 1.65. The maximum Gasteiger partial charge on any atom is 0.259 e. The highest BCUT2D eigenvalue weighted by molar-refractivity contribution is 6.05. The number of aryl methyl sites for hydroxylation is 2. The third-order valence-electron chi connectivity index (χ3n) is 4.61. The van der Waals surface area contributed by atoms with Crippen molar-refractivity contribution in [1.82, 2.24) is 5.32 Å². The largest absolute Gasteiger partial charge is 0.469 e. The van der Waals surface area contributed by atoms with Crippen molar-refractivity contribution in [2.24, 2.45) is 0 Å². The van der Waals surface area contributed by atoms with Crippen molar-refractivity contribution >= 4 is 29.1 Å². The third-order valence-corrected chi connectivity index (χ3v) is 4.61. The molecule has 0 saturated carbocycles. The summed E-state index contributed by atoms with van der Waals surface area (Å²) in [7, 11) is 0. The first kappa shape index (κ1) is 21.8. The molecule has 0 bridgehead atoms. The van der Waals surface area contributed by atoms with E-state index in [0.717, 1.165) is 11.6 Å². The van der Waals surface area contributed by atoms with Crippen LogP contribution in [-0.4, -0.2) is 23.8 Å². The molecule has 0 fully saturated rings. The van der Waals surface area contributed by atoms with Gasteiger partial charge in [0, 0.05) is 11.3 Å². The number of anilines is 2. The number of rotatable bonds is 6. The molecule has 1 unspecified atom stereocenters. The lowest BCUT2D eigenvalue weighted by Crippen LogP contribution is -2.41. The highest BCUT2D eigenvalue weighted by Gasteiger charge is 2.18. The molecule has 3 rings (SSSR count). The molecule has 1 aromatic heterocycles. The van der Waals surface area contributed by atoms with Crippen molar-refractivity contribution in [2.45, 2.75) is 26.8 Å². The summed E-state index contributed by atoms with van der Waals surface area (Å²) < 4.78 is 19.2. The summed E-state index contributed by atoms with van der Waals surface area (Å²) >= 11 is 0. The molecule has 1 atom stereocenters. The van der Waals surface area contributed by atoms with E-state index in [4.69, 9.17) is 4.42 Å². The topological polar surface area (TPSA) is 100 Å². The zero-order chi connectivity index (χ0) is 22.5. The Hall–Kier alpha value is -3.94. The summed E-state index contributed by atoms with van der Waals surface area (Å²) in [4.78, 5) is 37.1. The van der Waals surface area contributed by atoms with Gasteiger partial charge < -0.3 is 20.4 Å². The van der Waals surface area contributed by atoms with Gasteiger partial charge in [-0.05, 0) is 57.2 Å². The average Bonchev–Trinajstić information content (AvgIpc) is 3.16. The maximum atomic E-state index is 14.2. The minimum absolute atomic E-state index is 0.0974. The molecule has 0 aliphatic rings. The van der Waals surface area contributed by atoms with Crippen LogP contribution < -0.4 is 16.0 Å². The SMILES string of the molecule is Cc1cccc(C(=O)NC(C)C(=O)Nc2ccc(F)c(NC(=O)c3ccoc3C)c2)c1. The zero-order valence-electron chi connectivity index (χ0n) is 17.3. The van der Waals surface area contributed by atoms with Crippen molar-refractivity contribution in [2.75, 3.05) is 10.6 Å². The Bertz CT molecular complexity index is 1140. The Labute approximate surface area is 178 Å². The standard InChI is InChI=1S/C23H22FN3O4/c1-13-5-4-6-16(11-13)22(29)25-14(2)21(28)26-17-7-8-19(24)20(12-17)27-23(30)18-9-10-31-15(18)3/h4-12,14H,1-3H3,(H,25,29)(H,26,28)(H,27,30). The number of benzene rings is 2. The van der Waals surface area contributed by atoms with Gasteiger partial charge in [-0.1, -0.05) is 17.7 Å². The number of hydrogen-bond acceptors (Lipinski definition) is 4. The van der Waals surface area contributed by atoms with Gasteiger partial charge in [0.15, 0.2) is 0 Å². The van der Waals surface area contributed by atoms with Crippen LogP contribution >= 0.6 is 0 Å². The van der Waals surface area contributed by atoms with Gasteiger partial charge in [-0.15, -0.1) is 0 Å². The minimum atomic E-state index is -0.843. The van der Waals surface area contributed by atoms with Crippen LogP contribution in [0.25, 0.3) is 0 Å². The Morgan fingerprint density at radius 2 is 1.74 bits per heavy atom. The Morgan fingerprint density at radius 1 is 0.968 bits per heavy atom. The number of furan rings is 1. The van der Waals surface area contributed by atoms with Crippen LogP contribution in [-0.2, 0) is 4.79 Å². The van der Waals surface area contributed by atoms with E-state index in [0.29, 0.717) is 11.3 Å². The third kappa shape index (κ3) is 5.36. The minimum Gasteiger partial charge on any atom is -0.469 e. The number of carbonyl (C=O) groups excluding carboxylic acids is 3. The first-order valence-electron chi connectivity index (χ1n) is 9.58. The number of carbonyl (C=O) groups is 3. The number of hydrogen-bond donors (Lipinski definition) is 3. The van der Waals surface area contributed by atoms with E-state index in [1.807, 2.05) is 13.0 Å². The van der Waals surface area contributed by atoms with Gasteiger partial charge in [0.05, 0.1) is 17.5 Å². The summed E-state index contributed by atoms with van der Waals surface area (Å²) in [6, 6.07) is 11.4. The lowest BCUT2D eigenvalue weighted by atomic mass is 10.1. The first-order valence-corrected chi connectivity index (χ1v) is 9.58. The lowest BCUT2D eigenvalue weighted by Gasteiger charge is -2.15. The zero-order valence-corrected chi connectivity index (χ0v) is 17.3. The van der Waals surface area contributed by atoms with Crippen LogP contribution in [0.4, 0.5) is 15.8 Å². The van der Waals surface area contributed by atoms with Crippen LogP contribution in [0.2, 0.25) is 0 Å². The molecular formula is C23H22FN3O4. The Kier molecular flexibility index (Phi) is 6.49. The molecule has 8 heteroatoms. The molecule has 0 radical (unpaired) electrons. The molecular weight excluding hydrogens is 401 g/mol. The highest BCUT2D eigenvalue weighted by Crippen LogP contribution is 2.21. The molecule has 0 spiro atoms. The molecule has 3 amide bonds. The molecule has 2 aromatic carbocycles. The van der Waals surface area contributed by atoms with Crippen LogP contribution in [0.15, 0.2) is 59.2 Å². The fraction of sp³-hybridized carbons (Fsp3) is 0.174. The number of nitrogens with one attached hydrogen (secondary N) is 3. The van der Waals surface area contributed by atoms with Crippen molar-refractivity contribution in [1.29, 1.82) is 0 Å². The van der Waals surface area contributed by atoms with Crippen molar-refractivity contribution in [3.8, 4) is 0 Å². The predicted octanol–water partition coefficient (Wildman–Crippen LogP) is 4.04. The van der Waals surface area contributed by atoms with E-state index < -0.39 is 23.7 Å². The molecule has 0 aliphatic heterocycles. The van der Waals surface area contributed by atoms with Gasteiger partial charge in [0.1, 0.15) is 17.6 Å². The number of amides is 3. The van der Waals surface area contributed by atoms with Gasteiger partial charge in [-0.25, -0.2) is 4.39 Å². The van der Waals surface area contributed by atoms with E-state index in [1.54, 1.807) is 25.1 Å². The van der Waals surface area contributed by atoms with E-state index in [2.05, 4.69) is 16.0 Å². The molecule has 3 N–H and O–H groups in total. The number of halogens is 1. The van der Waals surface area contributed by atoms with Crippen molar-refractivity contribution in [3.63, 3.8) is 0 Å². The fourth-order valence-corrected chi connectivity index (χ4v) is 2.89. The lowest BCUT2D eigenvalue weighted by molar-refractivity contribution is -0.117. The summed E-state index contributed by atoms with van der Waals surface area (Å²) in [5, 5.41) is 7.69. The molecule has 7 nitrogen and oxygen atoms in total. The van der Waals surface area contributed by atoms with E-state index >= 15 is 0 Å². The smallest absolute Gasteiger partial charge is 0.259 e. The van der Waals surface area contributed by atoms with E-state index in [9.17, 15) is 18.8 Å². The second-order valence-electron chi connectivity index (χ2n) is 7.09. The summed E-state index contributed by atoms with van der Waals surface area (Å²) in [6.45, 7) is 5.02. The predicted molar refractivity (Wildman–Crippen MR) is 115 cm³/mol. The van der Waals surface area contributed by atoms with Crippen molar-refractivity contribution in [3.05, 3.63) is 83.1 Å². The van der Waals surface area contributed by atoms with Crippen LogP contribution in [0.1, 0.15) is 39.0 Å². The van der Waals surface area contributed by atoms with Crippen LogP contribution in [0, 0.1) is 19.7 Å². The molecule has 0 aliphatic carbocycles. The van der Waals surface area contributed by atoms with Crippen molar-refractivity contribution < 1.29 is 23.2 Å². The summed E-state index contributed by atoms with van der Waals surface area (Å²) in [6.07, 6.45) is 1.36. The first-order chi connectivity index (χ1) is 14.7. The van der Waals surface area contributed by atoms with E-state index in [-0.39, 0.29) is 22.8 Å². The fourth-order valence-electron chi connectivity index (χ4n) is 2.89. The second-order valence-corrected chi connectivity index (χ2v) is 7.09. The van der Waals surface area contributed by atoms with Crippen LogP contribution in [0.5, 0.6) is 0 Å². The molecule has 31 heavy (non-hydrogen) atoms. The Morgan fingerprint density at radius 3 is 2.42 bits per heavy atom. The molecule has 3 aromatic rings. The molecule has 160 valence electrons. The van der Waals surface area contributed by atoms with Gasteiger partial charge in [0.2, 0.25) is 5.91 Å². The van der Waals surface area contributed by atoms with Crippen LogP contribution in [0.3, 0.4) is 0 Å². The summed E-state index contributed by atoms with van der Waals surface area (Å²) in [5.41, 5.74) is 1.82. The van der Waals surface area contributed by atoms with Gasteiger partial charge in [-0.2, -0.15) is 0 Å².